The molecule has 1 amide bonds. The first-order valence-corrected chi connectivity index (χ1v) is 8.09. The number of nitrogens with zero attached hydrogens (tertiary/aromatic N) is 2. The van der Waals surface area contributed by atoms with Crippen molar-refractivity contribution < 1.29 is 9.53 Å². The first kappa shape index (κ1) is 18.4. The standard InChI is InChI=1S/C14H25N5O2S/c1-5-15-14(18-9-13(20)16-6-7-21-4)17-8-12-10(2)19-11(3)22-12/h5-9H2,1-4H3,(H,16,20)(H2,15,17,18). The number of aromatic nitrogens is 1. The molecule has 0 saturated heterocycles. The minimum absolute atomic E-state index is 0.0831. The smallest absolute Gasteiger partial charge is 0.241 e. The number of nitrogens with one attached hydrogen (secondary N) is 3. The maximum atomic E-state index is 11.6. The van der Waals surface area contributed by atoms with Gasteiger partial charge in [0.25, 0.3) is 0 Å². The largest absolute Gasteiger partial charge is 0.383 e. The summed E-state index contributed by atoms with van der Waals surface area (Å²) in [6, 6.07) is 0. The number of methoxy groups -OCH3 is 1. The van der Waals surface area contributed by atoms with Crippen LogP contribution in [0.2, 0.25) is 0 Å². The van der Waals surface area contributed by atoms with E-state index in [0.717, 1.165) is 17.2 Å². The fourth-order valence-corrected chi connectivity index (χ4v) is 2.62. The van der Waals surface area contributed by atoms with Gasteiger partial charge in [0.05, 0.1) is 23.9 Å². The monoisotopic (exact) mass is 327 g/mol. The number of hydrogen-bond donors (Lipinski definition) is 3. The minimum atomic E-state index is -0.126. The zero-order valence-corrected chi connectivity index (χ0v) is 14.5. The summed E-state index contributed by atoms with van der Waals surface area (Å²) in [7, 11) is 1.60. The molecule has 0 aromatic carbocycles. The van der Waals surface area contributed by atoms with Crippen LogP contribution in [0.5, 0.6) is 0 Å². The van der Waals surface area contributed by atoms with Crippen LogP contribution >= 0.6 is 11.3 Å². The van der Waals surface area contributed by atoms with Gasteiger partial charge < -0.3 is 20.7 Å². The van der Waals surface area contributed by atoms with Crippen LogP contribution in [0.3, 0.4) is 0 Å². The van der Waals surface area contributed by atoms with Crippen molar-refractivity contribution in [2.24, 2.45) is 4.99 Å². The molecule has 0 aliphatic carbocycles. The molecular formula is C14H25N5O2S. The lowest BCUT2D eigenvalue weighted by molar-refractivity contribution is -0.119. The Morgan fingerprint density at radius 2 is 2.09 bits per heavy atom. The van der Waals surface area contributed by atoms with E-state index in [1.807, 2.05) is 20.8 Å². The maximum absolute atomic E-state index is 11.6. The van der Waals surface area contributed by atoms with Gasteiger partial charge >= 0.3 is 0 Å². The van der Waals surface area contributed by atoms with Gasteiger partial charge in [0.2, 0.25) is 5.91 Å². The van der Waals surface area contributed by atoms with Crippen molar-refractivity contribution in [2.45, 2.75) is 27.3 Å². The van der Waals surface area contributed by atoms with Gasteiger partial charge in [-0.05, 0) is 20.8 Å². The number of carbonyl (C=O) groups excluding carboxylic acids is 1. The third kappa shape index (κ3) is 6.86. The minimum Gasteiger partial charge on any atom is -0.383 e. The quantitative estimate of drug-likeness (QED) is 0.369. The molecule has 0 radical (unpaired) electrons. The molecule has 0 fully saturated rings. The van der Waals surface area contributed by atoms with Gasteiger partial charge in [0.1, 0.15) is 6.54 Å². The summed E-state index contributed by atoms with van der Waals surface area (Å²) >= 11 is 1.66. The second kappa shape index (κ2) is 10.1. The topological polar surface area (TPSA) is 87.6 Å². The SMILES string of the molecule is CCNC(=NCC(=O)NCCOC)NCc1sc(C)nc1C. The Kier molecular flexibility index (Phi) is 8.46. The van der Waals surface area contributed by atoms with E-state index in [0.29, 0.717) is 25.7 Å². The van der Waals surface area contributed by atoms with E-state index in [2.05, 4.69) is 25.9 Å². The first-order valence-electron chi connectivity index (χ1n) is 7.27. The van der Waals surface area contributed by atoms with E-state index in [4.69, 9.17) is 4.74 Å². The van der Waals surface area contributed by atoms with Crippen molar-refractivity contribution in [3.8, 4) is 0 Å². The average molecular weight is 327 g/mol. The maximum Gasteiger partial charge on any atom is 0.241 e. The van der Waals surface area contributed by atoms with E-state index in [1.54, 1.807) is 18.4 Å². The number of guanidine groups is 1. The van der Waals surface area contributed by atoms with Gasteiger partial charge in [-0.15, -0.1) is 11.3 Å². The van der Waals surface area contributed by atoms with Crippen LogP contribution in [0.15, 0.2) is 4.99 Å². The first-order chi connectivity index (χ1) is 10.6. The lowest BCUT2D eigenvalue weighted by atomic mass is 10.4. The molecule has 7 nitrogen and oxygen atoms in total. The zero-order valence-electron chi connectivity index (χ0n) is 13.7. The van der Waals surface area contributed by atoms with Gasteiger partial charge in [-0.2, -0.15) is 0 Å². The van der Waals surface area contributed by atoms with Crippen LogP contribution in [0.1, 0.15) is 22.5 Å². The second-order valence-electron chi connectivity index (χ2n) is 4.63. The van der Waals surface area contributed by atoms with Crippen LogP contribution in [0, 0.1) is 13.8 Å². The van der Waals surface area contributed by atoms with Crippen LogP contribution < -0.4 is 16.0 Å². The summed E-state index contributed by atoms with van der Waals surface area (Å²) in [4.78, 5) is 21.5. The third-order valence-electron chi connectivity index (χ3n) is 2.77. The molecule has 0 spiro atoms. The van der Waals surface area contributed by atoms with Crippen molar-refractivity contribution in [1.29, 1.82) is 0 Å². The highest BCUT2D eigenvalue weighted by molar-refractivity contribution is 7.11. The molecule has 0 aliphatic heterocycles. The third-order valence-corrected chi connectivity index (χ3v) is 3.84. The summed E-state index contributed by atoms with van der Waals surface area (Å²) < 4.78 is 4.88. The summed E-state index contributed by atoms with van der Waals surface area (Å²) in [5.74, 6) is 0.494. The van der Waals surface area contributed by atoms with E-state index >= 15 is 0 Å². The highest BCUT2D eigenvalue weighted by Crippen LogP contribution is 2.16. The van der Waals surface area contributed by atoms with Crippen LogP contribution in [-0.2, 0) is 16.1 Å². The summed E-state index contributed by atoms with van der Waals surface area (Å²) in [6.45, 7) is 8.43. The van der Waals surface area contributed by atoms with Crippen molar-refractivity contribution in [2.75, 3.05) is 33.4 Å². The lowest BCUT2D eigenvalue weighted by Gasteiger charge is -2.10. The predicted octanol–water partition coefficient (Wildman–Crippen LogP) is 0.578. The number of ether oxygens (including phenoxy) is 1. The van der Waals surface area contributed by atoms with Gasteiger partial charge in [-0.1, -0.05) is 0 Å². The lowest BCUT2D eigenvalue weighted by Crippen LogP contribution is -2.38. The molecule has 8 heteroatoms. The molecule has 1 heterocycles. The summed E-state index contributed by atoms with van der Waals surface area (Å²) in [5, 5.41) is 10.1. The van der Waals surface area contributed by atoms with Crippen molar-refractivity contribution in [1.82, 2.24) is 20.9 Å². The van der Waals surface area contributed by atoms with Crippen LogP contribution in [0.25, 0.3) is 0 Å². The Bertz CT molecular complexity index is 501. The van der Waals surface area contributed by atoms with E-state index < -0.39 is 0 Å². The molecule has 3 N–H and O–H groups in total. The van der Waals surface area contributed by atoms with Crippen molar-refractivity contribution >= 4 is 23.2 Å². The second-order valence-corrected chi connectivity index (χ2v) is 5.92. The van der Waals surface area contributed by atoms with E-state index in [9.17, 15) is 4.79 Å². The number of hydrogen-bond acceptors (Lipinski definition) is 5. The van der Waals surface area contributed by atoms with Crippen LogP contribution in [-0.4, -0.2) is 50.2 Å². The number of aliphatic imine (C=N–C) groups is 1. The number of thiazole rings is 1. The number of rotatable bonds is 8. The molecular weight excluding hydrogens is 302 g/mol. The number of carbonyl (C=O) groups is 1. The Balaban J connectivity index is 2.48. The molecule has 1 aromatic rings. The Labute approximate surface area is 135 Å². The molecule has 0 saturated carbocycles. The van der Waals surface area contributed by atoms with Crippen molar-refractivity contribution in [3.63, 3.8) is 0 Å². The fourth-order valence-electron chi connectivity index (χ4n) is 1.74. The molecule has 1 rings (SSSR count). The van der Waals surface area contributed by atoms with Gasteiger partial charge in [-0.25, -0.2) is 9.98 Å². The molecule has 124 valence electrons. The Morgan fingerprint density at radius 1 is 1.32 bits per heavy atom. The van der Waals surface area contributed by atoms with Gasteiger partial charge in [0.15, 0.2) is 5.96 Å². The molecule has 22 heavy (non-hydrogen) atoms. The summed E-state index contributed by atoms with van der Waals surface area (Å²) in [6.07, 6.45) is 0. The number of aryl methyl sites for hydroxylation is 2. The highest BCUT2D eigenvalue weighted by atomic mass is 32.1. The molecule has 0 bridgehead atoms. The Hall–Kier alpha value is -1.67. The molecule has 1 aromatic heterocycles. The Morgan fingerprint density at radius 3 is 2.68 bits per heavy atom. The summed E-state index contributed by atoms with van der Waals surface area (Å²) in [5.41, 5.74) is 1.03. The molecule has 0 atom stereocenters. The molecule has 0 aliphatic rings. The highest BCUT2D eigenvalue weighted by Gasteiger charge is 2.06. The van der Waals surface area contributed by atoms with Crippen LogP contribution in [0.4, 0.5) is 0 Å². The van der Waals surface area contributed by atoms with Gasteiger partial charge in [0, 0.05) is 25.1 Å². The zero-order chi connectivity index (χ0) is 16.4. The number of amides is 1. The molecule has 0 unspecified atom stereocenters. The average Bonchev–Trinajstić information content (AvgIpc) is 2.80. The van der Waals surface area contributed by atoms with E-state index in [-0.39, 0.29) is 12.5 Å². The van der Waals surface area contributed by atoms with E-state index in [1.165, 1.54) is 4.88 Å². The normalized spacial score (nSPS) is 11.4. The fraction of sp³-hybridized carbons (Fsp3) is 0.643. The van der Waals surface area contributed by atoms with Gasteiger partial charge in [-0.3, -0.25) is 4.79 Å². The van der Waals surface area contributed by atoms with Crippen molar-refractivity contribution in [3.05, 3.63) is 15.6 Å². The predicted molar refractivity (Wildman–Crippen MR) is 89.3 cm³/mol.